The van der Waals surface area contributed by atoms with Gasteiger partial charge in [0, 0.05) is 0 Å². The third kappa shape index (κ3) is 2.17. The summed E-state index contributed by atoms with van der Waals surface area (Å²) in [5, 5.41) is 14.3. The second-order valence-electron chi connectivity index (χ2n) is 5.79. The van der Waals surface area contributed by atoms with Gasteiger partial charge in [-0.1, -0.05) is 12.1 Å². The Bertz CT molecular complexity index is 419. The van der Waals surface area contributed by atoms with Gasteiger partial charge in [-0.2, -0.15) is 0 Å². The van der Waals surface area contributed by atoms with Crippen LogP contribution in [0.5, 0.6) is 0 Å². The predicted molar refractivity (Wildman–Crippen MR) is 68.6 cm³/mol. The van der Waals surface area contributed by atoms with E-state index in [-0.39, 0.29) is 5.82 Å². The van der Waals surface area contributed by atoms with Crippen molar-refractivity contribution in [3.05, 3.63) is 35.6 Å². The quantitative estimate of drug-likeness (QED) is 0.801. The first-order valence-corrected chi connectivity index (χ1v) is 6.86. The molecular weight excluding hydrogens is 229 g/mol. The molecule has 1 aromatic rings. The van der Waals surface area contributed by atoms with E-state index in [9.17, 15) is 9.50 Å². The van der Waals surface area contributed by atoms with E-state index in [4.69, 9.17) is 0 Å². The summed E-state index contributed by atoms with van der Waals surface area (Å²) >= 11 is 0. The van der Waals surface area contributed by atoms with Crippen LogP contribution in [0.4, 0.5) is 4.39 Å². The van der Waals surface area contributed by atoms with Crippen LogP contribution in [0.25, 0.3) is 0 Å². The van der Waals surface area contributed by atoms with Crippen LogP contribution in [0, 0.1) is 17.7 Å². The molecule has 0 radical (unpaired) electrons. The molecule has 3 atom stereocenters. The van der Waals surface area contributed by atoms with Gasteiger partial charge in [0.1, 0.15) is 5.82 Å². The van der Waals surface area contributed by atoms with Gasteiger partial charge in [0.15, 0.2) is 0 Å². The van der Waals surface area contributed by atoms with Crippen molar-refractivity contribution in [1.82, 2.24) is 5.32 Å². The van der Waals surface area contributed by atoms with Gasteiger partial charge < -0.3 is 10.4 Å². The molecule has 2 aliphatic rings. The molecule has 1 aromatic carbocycles. The summed E-state index contributed by atoms with van der Waals surface area (Å²) in [4.78, 5) is 0. The fraction of sp³-hybridized carbons (Fsp3) is 0.600. The minimum atomic E-state index is -0.744. The summed E-state index contributed by atoms with van der Waals surface area (Å²) in [5.41, 5.74) is 0.132. The van der Waals surface area contributed by atoms with Gasteiger partial charge in [-0.25, -0.2) is 4.39 Å². The molecule has 2 fully saturated rings. The fourth-order valence-electron chi connectivity index (χ4n) is 3.57. The van der Waals surface area contributed by atoms with E-state index in [0.29, 0.717) is 11.8 Å². The van der Waals surface area contributed by atoms with Gasteiger partial charge in [0.05, 0.1) is 5.60 Å². The van der Waals surface area contributed by atoms with Crippen LogP contribution < -0.4 is 5.32 Å². The minimum Gasteiger partial charge on any atom is -0.385 e. The summed E-state index contributed by atoms with van der Waals surface area (Å²) in [6.45, 7) is 2.14. The smallest absolute Gasteiger partial charge is 0.123 e. The van der Waals surface area contributed by atoms with Crippen LogP contribution in [0.3, 0.4) is 0 Å². The van der Waals surface area contributed by atoms with Gasteiger partial charge in [-0.3, -0.25) is 0 Å². The Kier molecular flexibility index (Phi) is 3.12. The van der Waals surface area contributed by atoms with Crippen molar-refractivity contribution in [2.75, 3.05) is 13.1 Å². The minimum absolute atomic E-state index is 0.238. The van der Waals surface area contributed by atoms with Crippen LogP contribution in [-0.2, 0) is 5.60 Å². The van der Waals surface area contributed by atoms with Crippen LogP contribution in [0.15, 0.2) is 24.3 Å². The number of hydrogen-bond acceptors (Lipinski definition) is 2. The average Bonchev–Trinajstić information content (AvgIpc) is 2.39. The molecular formula is C15H20FNO. The van der Waals surface area contributed by atoms with E-state index in [1.54, 1.807) is 12.1 Å². The summed E-state index contributed by atoms with van der Waals surface area (Å²) in [5.74, 6) is 1.08. The molecule has 98 valence electrons. The van der Waals surface area contributed by atoms with Crippen LogP contribution >= 0.6 is 0 Å². The molecule has 0 amide bonds. The van der Waals surface area contributed by atoms with Crippen molar-refractivity contribution >= 4 is 0 Å². The van der Waals surface area contributed by atoms with Crippen LogP contribution in [-0.4, -0.2) is 18.2 Å². The van der Waals surface area contributed by atoms with E-state index < -0.39 is 5.60 Å². The molecule has 0 spiro atoms. The Morgan fingerprint density at radius 2 is 1.94 bits per heavy atom. The molecule has 1 aliphatic heterocycles. The summed E-state index contributed by atoms with van der Waals surface area (Å²) in [6, 6.07) is 6.36. The van der Waals surface area contributed by atoms with Crippen molar-refractivity contribution in [2.45, 2.75) is 31.3 Å². The number of rotatable bonds is 1. The lowest BCUT2D eigenvalue weighted by molar-refractivity contribution is -0.0469. The monoisotopic (exact) mass is 249 g/mol. The van der Waals surface area contributed by atoms with Crippen molar-refractivity contribution in [3.63, 3.8) is 0 Å². The Morgan fingerprint density at radius 1 is 1.17 bits per heavy atom. The van der Waals surface area contributed by atoms with Crippen molar-refractivity contribution in [2.24, 2.45) is 11.8 Å². The largest absolute Gasteiger partial charge is 0.385 e. The lowest BCUT2D eigenvalue weighted by Crippen LogP contribution is -2.45. The predicted octanol–water partition coefficient (Wildman–Crippen LogP) is 2.42. The van der Waals surface area contributed by atoms with Crippen molar-refractivity contribution in [3.8, 4) is 0 Å². The standard InChI is InChI=1S/C15H20FNO/c16-14-3-1-13(2-4-14)15(18)7-5-12-10-17-8-6-11(12)9-15/h1-4,11-12,17-18H,5-10H2/t11-,12-,15?/m1/s1. The van der Waals surface area contributed by atoms with E-state index in [2.05, 4.69) is 5.32 Å². The molecule has 1 saturated heterocycles. The zero-order valence-corrected chi connectivity index (χ0v) is 10.5. The molecule has 3 rings (SSSR count). The second kappa shape index (κ2) is 4.63. The van der Waals surface area contributed by atoms with E-state index in [1.165, 1.54) is 12.1 Å². The topological polar surface area (TPSA) is 32.3 Å². The number of benzene rings is 1. The number of fused-ring (bicyclic) bond motifs is 1. The van der Waals surface area contributed by atoms with Crippen LogP contribution in [0.2, 0.25) is 0 Å². The maximum atomic E-state index is 13.0. The molecule has 3 heteroatoms. The van der Waals surface area contributed by atoms with E-state index in [1.807, 2.05) is 0 Å². The fourth-order valence-corrected chi connectivity index (χ4v) is 3.57. The first-order valence-electron chi connectivity index (χ1n) is 6.86. The van der Waals surface area contributed by atoms with Crippen LogP contribution in [0.1, 0.15) is 31.2 Å². The highest BCUT2D eigenvalue weighted by Crippen LogP contribution is 2.44. The van der Waals surface area contributed by atoms with E-state index in [0.717, 1.165) is 44.3 Å². The molecule has 1 aliphatic carbocycles. The zero-order valence-electron chi connectivity index (χ0n) is 10.5. The first kappa shape index (κ1) is 12.1. The molecule has 1 heterocycles. The van der Waals surface area contributed by atoms with E-state index >= 15 is 0 Å². The summed E-state index contributed by atoms with van der Waals surface area (Å²) in [7, 11) is 0. The van der Waals surface area contributed by atoms with Gasteiger partial charge >= 0.3 is 0 Å². The highest BCUT2D eigenvalue weighted by molar-refractivity contribution is 5.24. The van der Waals surface area contributed by atoms with Gasteiger partial charge in [-0.15, -0.1) is 0 Å². The summed E-state index contributed by atoms with van der Waals surface area (Å²) < 4.78 is 13.0. The van der Waals surface area contributed by atoms with Gasteiger partial charge in [-0.05, 0) is 68.3 Å². The lowest BCUT2D eigenvalue weighted by atomic mass is 9.67. The number of nitrogens with one attached hydrogen (secondary N) is 1. The third-order valence-electron chi connectivity index (χ3n) is 4.68. The Morgan fingerprint density at radius 3 is 2.72 bits per heavy atom. The molecule has 18 heavy (non-hydrogen) atoms. The van der Waals surface area contributed by atoms with Crippen molar-refractivity contribution in [1.29, 1.82) is 0 Å². The number of piperidine rings is 1. The Balaban J connectivity index is 1.80. The third-order valence-corrected chi connectivity index (χ3v) is 4.68. The number of hydrogen-bond donors (Lipinski definition) is 2. The maximum Gasteiger partial charge on any atom is 0.123 e. The van der Waals surface area contributed by atoms with Crippen molar-refractivity contribution < 1.29 is 9.50 Å². The summed E-state index contributed by atoms with van der Waals surface area (Å²) in [6.07, 6.45) is 3.83. The van der Waals surface area contributed by atoms with Gasteiger partial charge in [0.25, 0.3) is 0 Å². The van der Waals surface area contributed by atoms with Gasteiger partial charge in [0.2, 0.25) is 0 Å². The number of aliphatic hydroxyl groups is 1. The molecule has 2 N–H and O–H groups in total. The molecule has 0 aromatic heterocycles. The average molecular weight is 249 g/mol. The Labute approximate surface area is 107 Å². The molecule has 1 saturated carbocycles. The first-order chi connectivity index (χ1) is 8.67. The molecule has 1 unspecified atom stereocenters. The highest BCUT2D eigenvalue weighted by Gasteiger charge is 2.41. The lowest BCUT2D eigenvalue weighted by Gasteiger charge is -2.44. The Hall–Kier alpha value is -0.930. The maximum absolute atomic E-state index is 13.0. The normalized spacial score (nSPS) is 36.1. The molecule has 0 bridgehead atoms. The highest BCUT2D eigenvalue weighted by atomic mass is 19.1. The second-order valence-corrected chi connectivity index (χ2v) is 5.79. The zero-order chi connectivity index (χ0) is 12.6. The number of halogens is 1. The molecule has 2 nitrogen and oxygen atoms in total. The SMILES string of the molecule is OC1(c2ccc(F)cc2)CC[C@@H]2CNCC[C@@H]2C1.